The van der Waals surface area contributed by atoms with Gasteiger partial charge < -0.3 is 20.3 Å². The Balaban J connectivity index is 1.55. The average molecular weight is 399 g/mol. The van der Waals surface area contributed by atoms with Crippen LogP contribution in [0.4, 0.5) is 5.69 Å². The molecule has 0 unspecified atom stereocenters. The van der Waals surface area contributed by atoms with E-state index in [1.54, 1.807) is 0 Å². The minimum absolute atomic E-state index is 0.661. The molecule has 2 aromatic carbocycles. The molecule has 1 aliphatic heterocycles. The second-order valence-corrected chi connectivity index (χ2v) is 7.68. The van der Waals surface area contributed by atoms with Crippen molar-refractivity contribution in [3.63, 3.8) is 0 Å². The molecule has 6 heteroatoms. The highest BCUT2D eigenvalue weighted by molar-refractivity contribution is 7.99. The van der Waals surface area contributed by atoms with Crippen LogP contribution >= 0.6 is 11.8 Å². The van der Waals surface area contributed by atoms with Gasteiger partial charge in [0.05, 0.1) is 19.8 Å². The van der Waals surface area contributed by atoms with E-state index in [-0.39, 0.29) is 0 Å². The lowest BCUT2D eigenvalue weighted by atomic mass is 10.1. The van der Waals surface area contributed by atoms with Crippen LogP contribution in [0.15, 0.2) is 64.5 Å². The Labute approximate surface area is 172 Å². The molecule has 2 N–H and O–H groups in total. The maximum absolute atomic E-state index is 5.49. The topological polar surface area (TPSA) is 48.9 Å². The van der Waals surface area contributed by atoms with Gasteiger partial charge in [-0.15, -0.1) is 11.8 Å². The molecule has 1 heterocycles. The van der Waals surface area contributed by atoms with Gasteiger partial charge in [-0.25, -0.2) is 4.99 Å². The number of ether oxygens (including phenoxy) is 1. The fraction of sp³-hybridized carbons (Fsp3) is 0.409. The Bertz CT molecular complexity index is 732. The Morgan fingerprint density at radius 1 is 1.04 bits per heavy atom. The van der Waals surface area contributed by atoms with Gasteiger partial charge in [0.1, 0.15) is 0 Å². The van der Waals surface area contributed by atoms with Gasteiger partial charge in [-0.05, 0) is 30.7 Å². The molecule has 0 saturated carbocycles. The van der Waals surface area contributed by atoms with Crippen LogP contribution in [-0.4, -0.2) is 51.1 Å². The van der Waals surface area contributed by atoms with Gasteiger partial charge in [-0.3, -0.25) is 0 Å². The zero-order valence-electron chi connectivity index (χ0n) is 16.6. The number of benzene rings is 2. The lowest BCUT2D eigenvalue weighted by Gasteiger charge is -2.30. The van der Waals surface area contributed by atoms with Gasteiger partial charge in [0.2, 0.25) is 0 Å². The Morgan fingerprint density at radius 3 is 2.57 bits per heavy atom. The first-order valence-corrected chi connectivity index (χ1v) is 11.0. The van der Waals surface area contributed by atoms with Crippen molar-refractivity contribution in [1.29, 1.82) is 0 Å². The first-order valence-electron chi connectivity index (χ1n) is 9.97. The maximum atomic E-state index is 5.49. The quantitative estimate of drug-likeness (QED) is 0.309. The van der Waals surface area contributed by atoms with Crippen LogP contribution in [0.5, 0.6) is 0 Å². The summed E-state index contributed by atoms with van der Waals surface area (Å²) in [5.74, 6) is 1.87. The van der Waals surface area contributed by atoms with Gasteiger partial charge in [0, 0.05) is 42.5 Å². The highest BCUT2D eigenvalue weighted by Crippen LogP contribution is 2.22. The molecule has 150 valence electrons. The molecule has 0 spiro atoms. The summed E-state index contributed by atoms with van der Waals surface area (Å²) in [6, 6.07) is 19.0. The minimum Gasteiger partial charge on any atom is -0.378 e. The van der Waals surface area contributed by atoms with Crippen LogP contribution in [0.2, 0.25) is 0 Å². The van der Waals surface area contributed by atoms with E-state index in [0.29, 0.717) is 6.54 Å². The summed E-state index contributed by atoms with van der Waals surface area (Å²) in [4.78, 5) is 8.50. The van der Waals surface area contributed by atoms with Gasteiger partial charge in [-0.1, -0.05) is 36.4 Å². The summed E-state index contributed by atoms with van der Waals surface area (Å²) in [7, 11) is 0. The third-order valence-electron chi connectivity index (χ3n) is 4.50. The molecule has 1 saturated heterocycles. The fourth-order valence-electron chi connectivity index (χ4n) is 3.12. The smallest absolute Gasteiger partial charge is 0.191 e. The van der Waals surface area contributed by atoms with E-state index in [0.717, 1.165) is 51.1 Å². The van der Waals surface area contributed by atoms with Crippen LogP contribution in [0.3, 0.4) is 0 Å². The molecular formula is C22H30N4OS. The Kier molecular flexibility index (Phi) is 8.53. The zero-order valence-corrected chi connectivity index (χ0v) is 17.4. The van der Waals surface area contributed by atoms with Crippen molar-refractivity contribution in [1.82, 2.24) is 10.6 Å². The van der Waals surface area contributed by atoms with Gasteiger partial charge in [-0.2, -0.15) is 0 Å². The number of hydrogen-bond donors (Lipinski definition) is 2. The first kappa shape index (κ1) is 20.6. The second-order valence-electron chi connectivity index (χ2n) is 6.51. The van der Waals surface area contributed by atoms with Crippen LogP contribution in [0.25, 0.3) is 0 Å². The summed E-state index contributed by atoms with van der Waals surface area (Å²) < 4.78 is 5.49. The van der Waals surface area contributed by atoms with Crippen LogP contribution in [0.1, 0.15) is 12.5 Å². The number of anilines is 1. The molecular weight excluding hydrogens is 368 g/mol. The van der Waals surface area contributed by atoms with Crippen LogP contribution < -0.4 is 15.5 Å². The third-order valence-corrected chi connectivity index (χ3v) is 5.52. The summed E-state index contributed by atoms with van der Waals surface area (Å²) in [6.07, 6.45) is 0. The van der Waals surface area contributed by atoms with Crippen molar-refractivity contribution in [2.75, 3.05) is 50.0 Å². The molecule has 0 aliphatic carbocycles. The zero-order chi connectivity index (χ0) is 19.4. The SMILES string of the molecule is CCNC(=NCc1ccccc1N1CCOCC1)NCCSc1ccccc1. The van der Waals surface area contributed by atoms with Crippen molar-refractivity contribution >= 4 is 23.4 Å². The molecule has 0 amide bonds. The molecule has 0 radical (unpaired) electrons. The number of nitrogens with zero attached hydrogens (tertiary/aromatic N) is 2. The number of morpholine rings is 1. The molecule has 2 aromatic rings. The minimum atomic E-state index is 0.661. The molecule has 0 atom stereocenters. The summed E-state index contributed by atoms with van der Waals surface area (Å²) in [5, 5.41) is 6.79. The molecule has 1 aliphatic rings. The highest BCUT2D eigenvalue weighted by atomic mass is 32.2. The van der Waals surface area contributed by atoms with Crippen molar-refractivity contribution in [2.45, 2.75) is 18.4 Å². The number of thioether (sulfide) groups is 1. The predicted octanol–water partition coefficient (Wildman–Crippen LogP) is 3.37. The summed E-state index contributed by atoms with van der Waals surface area (Å²) in [6.45, 7) is 7.94. The second kappa shape index (κ2) is 11.6. The van der Waals surface area contributed by atoms with Crippen molar-refractivity contribution in [2.24, 2.45) is 4.99 Å². The van der Waals surface area contributed by atoms with Crippen molar-refractivity contribution in [3.8, 4) is 0 Å². The third kappa shape index (κ3) is 6.46. The number of rotatable bonds is 8. The lowest BCUT2D eigenvalue weighted by molar-refractivity contribution is 0.122. The van der Waals surface area contributed by atoms with E-state index >= 15 is 0 Å². The largest absolute Gasteiger partial charge is 0.378 e. The van der Waals surface area contributed by atoms with E-state index in [1.165, 1.54) is 16.1 Å². The number of aliphatic imine (C=N–C) groups is 1. The lowest BCUT2D eigenvalue weighted by Crippen LogP contribution is -2.38. The maximum Gasteiger partial charge on any atom is 0.191 e. The molecule has 28 heavy (non-hydrogen) atoms. The van der Waals surface area contributed by atoms with Crippen LogP contribution in [0, 0.1) is 0 Å². The Hall–Kier alpha value is -2.18. The standard InChI is InChI=1S/C22H30N4OS/c1-2-23-22(24-12-17-28-20-9-4-3-5-10-20)25-18-19-8-6-7-11-21(19)26-13-15-27-16-14-26/h3-11H,2,12-18H2,1H3,(H2,23,24,25). The van der Waals surface area contributed by atoms with Gasteiger partial charge >= 0.3 is 0 Å². The van der Waals surface area contributed by atoms with Crippen molar-refractivity contribution in [3.05, 3.63) is 60.2 Å². The van der Waals surface area contributed by atoms with E-state index in [4.69, 9.17) is 9.73 Å². The molecule has 3 rings (SSSR count). The predicted molar refractivity (Wildman–Crippen MR) is 119 cm³/mol. The van der Waals surface area contributed by atoms with E-state index in [2.05, 4.69) is 71.0 Å². The van der Waals surface area contributed by atoms with Crippen molar-refractivity contribution < 1.29 is 4.74 Å². The van der Waals surface area contributed by atoms with Gasteiger partial charge in [0.25, 0.3) is 0 Å². The summed E-state index contributed by atoms with van der Waals surface area (Å²) in [5.41, 5.74) is 2.52. The van der Waals surface area contributed by atoms with E-state index < -0.39 is 0 Å². The Morgan fingerprint density at radius 2 is 1.79 bits per heavy atom. The first-order chi connectivity index (χ1) is 13.9. The fourth-order valence-corrected chi connectivity index (χ4v) is 3.91. The molecule has 1 fully saturated rings. The molecule has 5 nitrogen and oxygen atoms in total. The average Bonchev–Trinajstić information content (AvgIpc) is 2.76. The van der Waals surface area contributed by atoms with E-state index in [9.17, 15) is 0 Å². The number of hydrogen-bond acceptors (Lipinski definition) is 4. The monoisotopic (exact) mass is 398 g/mol. The van der Waals surface area contributed by atoms with Crippen LogP contribution in [-0.2, 0) is 11.3 Å². The van der Waals surface area contributed by atoms with E-state index in [1.807, 2.05) is 17.8 Å². The number of guanidine groups is 1. The number of para-hydroxylation sites is 1. The summed E-state index contributed by atoms with van der Waals surface area (Å²) >= 11 is 1.85. The molecule has 0 aromatic heterocycles. The van der Waals surface area contributed by atoms with Gasteiger partial charge in [0.15, 0.2) is 5.96 Å². The highest BCUT2D eigenvalue weighted by Gasteiger charge is 2.14. The number of nitrogens with one attached hydrogen (secondary N) is 2. The molecule has 0 bridgehead atoms. The normalized spacial score (nSPS) is 14.8.